The van der Waals surface area contributed by atoms with Gasteiger partial charge in [0.15, 0.2) is 0 Å². The number of nitrogens with zero attached hydrogens (tertiary/aromatic N) is 1. The standard InChI is InChI=1S/C15H16F3N3O/c1-3-12(13-19-8-9(2)20-13)21-14(22)10-4-6-11(7-5-10)15(16,17)18/h4-8,12H,3H2,1-2H3,(H,19,20)(H,21,22)/t12-/m0/s1. The molecule has 1 atom stereocenters. The van der Waals surface area contributed by atoms with Gasteiger partial charge in [-0.05, 0) is 37.6 Å². The quantitative estimate of drug-likeness (QED) is 0.906. The fourth-order valence-corrected chi connectivity index (χ4v) is 2.03. The van der Waals surface area contributed by atoms with Crippen LogP contribution in [-0.2, 0) is 6.18 Å². The van der Waals surface area contributed by atoms with E-state index in [-0.39, 0.29) is 11.6 Å². The number of carbonyl (C=O) groups is 1. The largest absolute Gasteiger partial charge is 0.416 e. The van der Waals surface area contributed by atoms with E-state index in [1.54, 1.807) is 6.20 Å². The Hall–Kier alpha value is -2.31. The number of alkyl halides is 3. The van der Waals surface area contributed by atoms with Crippen LogP contribution in [0.1, 0.15) is 46.8 Å². The summed E-state index contributed by atoms with van der Waals surface area (Å²) >= 11 is 0. The van der Waals surface area contributed by atoms with Gasteiger partial charge in [0, 0.05) is 17.5 Å². The normalized spacial score (nSPS) is 13.0. The van der Waals surface area contributed by atoms with E-state index in [0.29, 0.717) is 12.2 Å². The molecule has 22 heavy (non-hydrogen) atoms. The maximum atomic E-state index is 12.5. The summed E-state index contributed by atoms with van der Waals surface area (Å²) < 4.78 is 37.5. The summed E-state index contributed by atoms with van der Waals surface area (Å²) in [6.45, 7) is 3.73. The number of imidazole rings is 1. The molecule has 0 bridgehead atoms. The van der Waals surface area contributed by atoms with E-state index in [1.165, 1.54) is 0 Å². The van der Waals surface area contributed by atoms with Gasteiger partial charge in [-0.3, -0.25) is 4.79 Å². The van der Waals surface area contributed by atoms with Crippen molar-refractivity contribution >= 4 is 5.91 Å². The first kappa shape index (κ1) is 16.1. The summed E-state index contributed by atoms with van der Waals surface area (Å²) in [6.07, 6.45) is -2.14. The molecule has 0 fully saturated rings. The average Bonchev–Trinajstić information content (AvgIpc) is 2.90. The SMILES string of the molecule is CC[C@H](NC(=O)c1ccc(C(F)(F)F)cc1)c1ncc(C)[nH]1. The summed E-state index contributed by atoms with van der Waals surface area (Å²) in [7, 11) is 0. The maximum Gasteiger partial charge on any atom is 0.416 e. The summed E-state index contributed by atoms with van der Waals surface area (Å²) in [5.41, 5.74) is 0.268. The fraction of sp³-hybridized carbons (Fsp3) is 0.333. The molecule has 1 aromatic carbocycles. The smallest absolute Gasteiger partial charge is 0.344 e. The number of aryl methyl sites for hydroxylation is 1. The van der Waals surface area contributed by atoms with Gasteiger partial charge in [-0.25, -0.2) is 4.98 Å². The minimum Gasteiger partial charge on any atom is -0.344 e. The van der Waals surface area contributed by atoms with Gasteiger partial charge in [0.2, 0.25) is 0 Å². The number of carbonyl (C=O) groups excluding carboxylic acids is 1. The van der Waals surface area contributed by atoms with E-state index in [9.17, 15) is 18.0 Å². The molecule has 0 spiro atoms. The molecular formula is C15H16F3N3O. The lowest BCUT2D eigenvalue weighted by atomic mass is 10.1. The van der Waals surface area contributed by atoms with Crippen LogP contribution in [0.5, 0.6) is 0 Å². The molecule has 0 saturated carbocycles. The minimum atomic E-state index is -4.41. The van der Waals surface area contributed by atoms with Crippen molar-refractivity contribution in [1.29, 1.82) is 0 Å². The highest BCUT2D eigenvalue weighted by Crippen LogP contribution is 2.29. The highest BCUT2D eigenvalue weighted by atomic mass is 19.4. The molecule has 0 saturated heterocycles. The first-order chi connectivity index (χ1) is 10.3. The van der Waals surface area contributed by atoms with Crippen LogP contribution >= 0.6 is 0 Å². The first-order valence-corrected chi connectivity index (χ1v) is 6.81. The topological polar surface area (TPSA) is 57.8 Å². The molecule has 0 radical (unpaired) electrons. The van der Waals surface area contributed by atoms with Crippen molar-refractivity contribution in [3.63, 3.8) is 0 Å². The molecule has 0 aliphatic heterocycles. The molecule has 1 heterocycles. The number of hydrogen-bond donors (Lipinski definition) is 2. The second-order valence-electron chi connectivity index (χ2n) is 4.96. The van der Waals surface area contributed by atoms with Crippen molar-refractivity contribution in [1.82, 2.24) is 15.3 Å². The van der Waals surface area contributed by atoms with Gasteiger partial charge in [-0.15, -0.1) is 0 Å². The van der Waals surface area contributed by atoms with E-state index < -0.39 is 17.6 Å². The number of hydrogen-bond acceptors (Lipinski definition) is 2. The number of aromatic amines is 1. The zero-order valence-corrected chi connectivity index (χ0v) is 12.2. The summed E-state index contributed by atoms with van der Waals surface area (Å²) in [6, 6.07) is 3.81. The molecule has 118 valence electrons. The Labute approximate surface area is 125 Å². The van der Waals surface area contributed by atoms with Gasteiger partial charge < -0.3 is 10.3 Å². The van der Waals surface area contributed by atoms with Crippen LogP contribution in [-0.4, -0.2) is 15.9 Å². The fourth-order valence-electron chi connectivity index (χ4n) is 2.03. The highest BCUT2D eigenvalue weighted by Gasteiger charge is 2.30. The number of nitrogens with one attached hydrogen (secondary N) is 2. The third kappa shape index (κ3) is 3.66. The van der Waals surface area contributed by atoms with Gasteiger partial charge in [-0.2, -0.15) is 13.2 Å². The van der Waals surface area contributed by atoms with E-state index in [0.717, 1.165) is 30.0 Å². The molecule has 0 aliphatic rings. The third-order valence-electron chi connectivity index (χ3n) is 3.24. The lowest BCUT2D eigenvalue weighted by molar-refractivity contribution is -0.137. The van der Waals surface area contributed by atoms with Gasteiger partial charge in [-0.1, -0.05) is 6.92 Å². The molecule has 0 unspecified atom stereocenters. The molecule has 2 aromatic rings. The number of benzene rings is 1. The number of rotatable bonds is 4. The lowest BCUT2D eigenvalue weighted by Gasteiger charge is -2.15. The van der Waals surface area contributed by atoms with Gasteiger partial charge >= 0.3 is 6.18 Å². The van der Waals surface area contributed by atoms with Crippen molar-refractivity contribution in [2.75, 3.05) is 0 Å². The molecule has 1 aromatic heterocycles. The predicted octanol–water partition coefficient (Wildman–Crippen LogP) is 3.62. The van der Waals surface area contributed by atoms with Crippen LogP contribution in [0, 0.1) is 6.92 Å². The Morgan fingerprint density at radius 2 is 1.95 bits per heavy atom. The van der Waals surface area contributed by atoms with E-state index in [2.05, 4.69) is 15.3 Å². The molecule has 4 nitrogen and oxygen atoms in total. The van der Waals surface area contributed by atoms with Crippen LogP contribution in [0.4, 0.5) is 13.2 Å². The Kier molecular flexibility index (Phi) is 4.54. The van der Waals surface area contributed by atoms with Crippen LogP contribution in [0.25, 0.3) is 0 Å². The Balaban J connectivity index is 2.11. The number of amides is 1. The van der Waals surface area contributed by atoms with Crippen molar-refractivity contribution in [3.05, 3.63) is 53.1 Å². The van der Waals surface area contributed by atoms with Crippen LogP contribution in [0.3, 0.4) is 0 Å². The molecular weight excluding hydrogens is 295 g/mol. The van der Waals surface area contributed by atoms with E-state index >= 15 is 0 Å². The predicted molar refractivity (Wildman–Crippen MR) is 75.3 cm³/mol. The van der Waals surface area contributed by atoms with Gasteiger partial charge in [0.05, 0.1) is 11.6 Å². The minimum absolute atomic E-state index is 0.176. The van der Waals surface area contributed by atoms with Crippen LogP contribution in [0.15, 0.2) is 30.5 Å². The van der Waals surface area contributed by atoms with Crippen LogP contribution in [0.2, 0.25) is 0 Å². The molecule has 1 amide bonds. The van der Waals surface area contributed by atoms with Crippen molar-refractivity contribution in [2.24, 2.45) is 0 Å². The average molecular weight is 311 g/mol. The van der Waals surface area contributed by atoms with Crippen molar-refractivity contribution < 1.29 is 18.0 Å². The summed E-state index contributed by atoms with van der Waals surface area (Å²) in [4.78, 5) is 19.3. The second kappa shape index (κ2) is 6.21. The summed E-state index contributed by atoms with van der Waals surface area (Å²) in [5.74, 6) is 0.190. The number of aromatic nitrogens is 2. The Morgan fingerprint density at radius 1 is 1.32 bits per heavy atom. The highest BCUT2D eigenvalue weighted by molar-refractivity contribution is 5.94. The van der Waals surface area contributed by atoms with Gasteiger partial charge in [0.25, 0.3) is 5.91 Å². The second-order valence-corrected chi connectivity index (χ2v) is 4.96. The monoisotopic (exact) mass is 311 g/mol. The van der Waals surface area contributed by atoms with E-state index in [4.69, 9.17) is 0 Å². The molecule has 0 aliphatic carbocycles. The Morgan fingerprint density at radius 3 is 2.41 bits per heavy atom. The molecule has 2 N–H and O–H groups in total. The Bertz CT molecular complexity index is 647. The van der Waals surface area contributed by atoms with E-state index in [1.807, 2.05) is 13.8 Å². The maximum absolute atomic E-state index is 12.5. The summed E-state index contributed by atoms with van der Waals surface area (Å²) in [5, 5.41) is 2.76. The third-order valence-corrected chi connectivity index (χ3v) is 3.24. The number of H-pyrrole nitrogens is 1. The molecule has 7 heteroatoms. The zero-order chi connectivity index (χ0) is 16.3. The van der Waals surface area contributed by atoms with Crippen LogP contribution < -0.4 is 5.32 Å². The first-order valence-electron chi connectivity index (χ1n) is 6.81. The van der Waals surface area contributed by atoms with Gasteiger partial charge in [0.1, 0.15) is 5.82 Å². The van der Waals surface area contributed by atoms with Crippen molar-refractivity contribution in [2.45, 2.75) is 32.5 Å². The zero-order valence-electron chi connectivity index (χ0n) is 12.2. The number of halogens is 3. The lowest BCUT2D eigenvalue weighted by Crippen LogP contribution is -2.29. The molecule has 2 rings (SSSR count). The van der Waals surface area contributed by atoms with Crippen molar-refractivity contribution in [3.8, 4) is 0 Å².